The molecule has 0 saturated carbocycles. The predicted octanol–water partition coefficient (Wildman–Crippen LogP) is 3.07. The van der Waals surface area contributed by atoms with Gasteiger partial charge in [-0.1, -0.05) is 29.8 Å². The number of nitro groups is 1. The first-order valence-electron chi connectivity index (χ1n) is 6.78. The number of nitrogens with zero attached hydrogens (tertiary/aromatic N) is 1. The van der Waals surface area contributed by atoms with E-state index in [1.807, 2.05) is 6.07 Å². The maximum absolute atomic E-state index is 10.5. The average molecular weight is 286 g/mol. The predicted molar refractivity (Wildman–Crippen MR) is 81.5 cm³/mol. The summed E-state index contributed by atoms with van der Waals surface area (Å²) in [5.41, 5.74) is 2.56. The van der Waals surface area contributed by atoms with E-state index in [-0.39, 0.29) is 5.69 Å². The average Bonchev–Trinajstić information content (AvgIpc) is 2.47. The highest BCUT2D eigenvalue weighted by Crippen LogP contribution is 2.16. The van der Waals surface area contributed by atoms with Gasteiger partial charge in [-0.25, -0.2) is 0 Å². The fourth-order valence-corrected chi connectivity index (χ4v) is 1.96. The van der Waals surface area contributed by atoms with Crippen LogP contribution in [0.2, 0.25) is 0 Å². The van der Waals surface area contributed by atoms with Gasteiger partial charge in [0, 0.05) is 25.2 Å². The number of hydrogen-bond acceptors (Lipinski definition) is 4. The maximum atomic E-state index is 10.5. The van der Waals surface area contributed by atoms with Crippen LogP contribution in [0.3, 0.4) is 0 Å². The van der Waals surface area contributed by atoms with Crippen LogP contribution in [0.1, 0.15) is 11.1 Å². The molecule has 0 aliphatic rings. The second-order valence-electron chi connectivity index (χ2n) is 4.77. The molecule has 0 atom stereocenters. The smallest absolute Gasteiger partial charge is 0.269 e. The van der Waals surface area contributed by atoms with Crippen molar-refractivity contribution < 1.29 is 9.66 Å². The van der Waals surface area contributed by atoms with Crippen LogP contribution in [-0.4, -0.2) is 18.1 Å². The molecule has 5 heteroatoms. The largest absolute Gasteiger partial charge is 0.492 e. The maximum Gasteiger partial charge on any atom is 0.269 e. The molecule has 0 fully saturated rings. The highest BCUT2D eigenvalue weighted by Gasteiger charge is 2.03. The van der Waals surface area contributed by atoms with Crippen LogP contribution >= 0.6 is 0 Å². The monoisotopic (exact) mass is 286 g/mol. The molecule has 0 radical (unpaired) electrons. The molecule has 0 bridgehead atoms. The van der Waals surface area contributed by atoms with Gasteiger partial charge in [0.05, 0.1) is 4.92 Å². The van der Waals surface area contributed by atoms with E-state index in [4.69, 9.17) is 4.74 Å². The first kappa shape index (κ1) is 15.0. The minimum Gasteiger partial charge on any atom is -0.492 e. The van der Waals surface area contributed by atoms with Crippen LogP contribution in [0.5, 0.6) is 5.75 Å². The summed E-state index contributed by atoms with van der Waals surface area (Å²) < 4.78 is 5.52. The molecule has 2 aromatic rings. The van der Waals surface area contributed by atoms with E-state index in [9.17, 15) is 10.1 Å². The highest BCUT2D eigenvalue weighted by molar-refractivity contribution is 5.35. The molecule has 0 heterocycles. The number of rotatable bonds is 7. The fourth-order valence-electron chi connectivity index (χ4n) is 1.96. The molecule has 0 aromatic heterocycles. The number of benzene rings is 2. The zero-order chi connectivity index (χ0) is 15.1. The van der Waals surface area contributed by atoms with Gasteiger partial charge in [0.1, 0.15) is 12.4 Å². The van der Waals surface area contributed by atoms with Crippen LogP contribution in [-0.2, 0) is 6.54 Å². The summed E-state index contributed by atoms with van der Waals surface area (Å²) in [6.07, 6.45) is 0. The molecule has 110 valence electrons. The number of nitrogens with one attached hydrogen (secondary N) is 1. The number of nitro benzene ring substituents is 1. The second kappa shape index (κ2) is 7.40. The van der Waals surface area contributed by atoms with Gasteiger partial charge >= 0.3 is 0 Å². The lowest BCUT2D eigenvalue weighted by Gasteiger charge is -2.08. The van der Waals surface area contributed by atoms with Crippen LogP contribution in [0, 0.1) is 17.0 Å². The normalized spacial score (nSPS) is 10.3. The van der Waals surface area contributed by atoms with Crippen LogP contribution in [0.4, 0.5) is 5.69 Å². The molecule has 0 aliphatic heterocycles. The first-order valence-corrected chi connectivity index (χ1v) is 6.78. The number of non-ortho nitro benzene ring substituents is 1. The van der Waals surface area contributed by atoms with Crippen molar-refractivity contribution in [3.63, 3.8) is 0 Å². The Morgan fingerprint density at radius 1 is 1.19 bits per heavy atom. The molecule has 2 aromatic carbocycles. The van der Waals surface area contributed by atoms with Crippen molar-refractivity contribution >= 4 is 5.69 Å². The summed E-state index contributed by atoms with van der Waals surface area (Å²) in [5, 5.41) is 13.8. The Kier molecular flexibility index (Phi) is 5.29. The van der Waals surface area contributed by atoms with Crippen molar-refractivity contribution in [3.05, 3.63) is 69.8 Å². The van der Waals surface area contributed by atoms with E-state index in [0.29, 0.717) is 18.9 Å². The summed E-state index contributed by atoms with van der Waals surface area (Å²) in [6, 6.07) is 14.4. The third-order valence-corrected chi connectivity index (χ3v) is 3.01. The molecule has 0 spiro atoms. The highest BCUT2D eigenvalue weighted by atomic mass is 16.6. The number of hydrogen-bond donors (Lipinski definition) is 1. The van der Waals surface area contributed by atoms with Crippen molar-refractivity contribution in [2.45, 2.75) is 13.5 Å². The summed E-state index contributed by atoms with van der Waals surface area (Å²) >= 11 is 0. The van der Waals surface area contributed by atoms with E-state index in [1.165, 1.54) is 23.3 Å². The van der Waals surface area contributed by atoms with E-state index in [0.717, 1.165) is 6.54 Å². The minimum absolute atomic E-state index is 0.0694. The summed E-state index contributed by atoms with van der Waals surface area (Å²) in [4.78, 5) is 10.1. The molecule has 2 rings (SSSR count). The van der Waals surface area contributed by atoms with Gasteiger partial charge in [-0.05, 0) is 24.6 Å². The third-order valence-electron chi connectivity index (χ3n) is 3.01. The van der Waals surface area contributed by atoms with Crippen molar-refractivity contribution in [1.29, 1.82) is 0 Å². The topological polar surface area (TPSA) is 64.4 Å². The Balaban J connectivity index is 1.69. The van der Waals surface area contributed by atoms with Gasteiger partial charge in [-0.2, -0.15) is 0 Å². The van der Waals surface area contributed by atoms with Crippen molar-refractivity contribution in [1.82, 2.24) is 5.32 Å². The van der Waals surface area contributed by atoms with Crippen LogP contribution in [0.15, 0.2) is 48.5 Å². The van der Waals surface area contributed by atoms with Gasteiger partial charge in [-0.3, -0.25) is 10.1 Å². The van der Waals surface area contributed by atoms with E-state index >= 15 is 0 Å². The van der Waals surface area contributed by atoms with Gasteiger partial charge in [-0.15, -0.1) is 0 Å². The molecule has 5 nitrogen and oxygen atoms in total. The SMILES string of the molecule is Cc1cccc(CNCCOc2ccc([N+](=O)[O-])cc2)c1. The van der Waals surface area contributed by atoms with E-state index in [1.54, 1.807) is 12.1 Å². The number of ether oxygens (including phenoxy) is 1. The standard InChI is InChI=1S/C16H18N2O3/c1-13-3-2-4-14(11-13)12-17-9-10-21-16-7-5-15(6-8-16)18(19)20/h2-8,11,17H,9-10,12H2,1H3. The Morgan fingerprint density at radius 2 is 1.95 bits per heavy atom. The van der Waals surface area contributed by atoms with Crippen LogP contribution < -0.4 is 10.1 Å². The van der Waals surface area contributed by atoms with Gasteiger partial charge in [0.2, 0.25) is 0 Å². The fraction of sp³-hybridized carbons (Fsp3) is 0.250. The van der Waals surface area contributed by atoms with Crippen molar-refractivity contribution in [3.8, 4) is 5.75 Å². The Morgan fingerprint density at radius 3 is 2.62 bits per heavy atom. The third kappa shape index (κ3) is 4.89. The molecule has 0 unspecified atom stereocenters. The van der Waals surface area contributed by atoms with E-state index in [2.05, 4.69) is 30.4 Å². The van der Waals surface area contributed by atoms with Gasteiger partial charge < -0.3 is 10.1 Å². The first-order chi connectivity index (χ1) is 10.1. The zero-order valence-electron chi connectivity index (χ0n) is 11.9. The zero-order valence-corrected chi connectivity index (χ0v) is 11.9. The Labute approximate surface area is 123 Å². The van der Waals surface area contributed by atoms with Gasteiger partial charge in [0.15, 0.2) is 0 Å². The molecule has 0 amide bonds. The van der Waals surface area contributed by atoms with Crippen molar-refractivity contribution in [2.75, 3.05) is 13.2 Å². The van der Waals surface area contributed by atoms with Crippen molar-refractivity contribution in [2.24, 2.45) is 0 Å². The lowest BCUT2D eigenvalue weighted by Crippen LogP contribution is -2.20. The van der Waals surface area contributed by atoms with Crippen LogP contribution in [0.25, 0.3) is 0 Å². The molecular weight excluding hydrogens is 268 g/mol. The van der Waals surface area contributed by atoms with Gasteiger partial charge in [0.25, 0.3) is 5.69 Å². The molecule has 0 saturated heterocycles. The second-order valence-corrected chi connectivity index (χ2v) is 4.77. The molecule has 1 N–H and O–H groups in total. The molecular formula is C16H18N2O3. The summed E-state index contributed by atoms with van der Waals surface area (Å²) in [5.74, 6) is 0.637. The molecule has 21 heavy (non-hydrogen) atoms. The Hall–Kier alpha value is -2.40. The summed E-state index contributed by atoms with van der Waals surface area (Å²) in [6.45, 7) is 4.10. The lowest BCUT2D eigenvalue weighted by atomic mass is 10.1. The lowest BCUT2D eigenvalue weighted by molar-refractivity contribution is -0.384. The molecule has 0 aliphatic carbocycles. The Bertz CT molecular complexity index is 597. The minimum atomic E-state index is -0.423. The summed E-state index contributed by atoms with van der Waals surface area (Å²) in [7, 11) is 0. The number of aryl methyl sites for hydroxylation is 1. The quantitative estimate of drug-likeness (QED) is 0.482. The van der Waals surface area contributed by atoms with E-state index < -0.39 is 4.92 Å².